The van der Waals surface area contributed by atoms with Crippen LogP contribution in [0.25, 0.3) is 0 Å². The molecular weight excluding hydrogens is 310 g/mol. The Bertz CT molecular complexity index is 734. The molecule has 0 atom stereocenters. The maximum atomic E-state index is 12.2. The van der Waals surface area contributed by atoms with Gasteiger partial charge in [0.2, 0.25) is 5.91 Å². The van der Waals surface area contributed by atoms with Gasteiger partial charge in [0.15, 0.2) is 0 Å². The normalized spacial score (nSPS) is 10.4. The number of amides is 1. The van der Waals surface area contributed by atoms with Crippen LogP contribution in [-0.2, 0) is 16.0 Å². The fourth-order valence-corrected chi connectivity index (χ4v) is 3.27. The number of thiophene rings is 1. The van der Waals surface area contributed by atoms with Crippen LogP contribution < -0.4 is 5.32 Å². The van der Waals surface area contributed by atoms with Gasteiger partial charge in [-0.3, -0.25) is 4.79 Å². The van der Waals surface area contributed by atoms with Crippen molar-refractivity contribution in [3.8, 4) is 0 Å². The van der Waals surface area contributed by atoms with Gasteiger partial charge in [-0.2, -0.15) is 0 Å². The predicted octanol–water partition coefficient (Wildman–Crippen LogP) is 4.03. The number of nitrogens with one attached hydrogen (secondary N) is 1. The van der Waals surface area contributed by atoms with Crippen LogP contribution in [0, 0.1) is 20.8 Å². The highest BCUT2D eigenvalue weighted by atomic mass is 32.1. The van der Waals surface area contributed by atoms with Gasteiger partial charge in [0.05, 0.1) is 18.0 Å². The van der Waals surface area contributed by atoms with Crippen LogP contribution >= 0.6 is 11.3 Å². The van der Waals surface area contributed by atoms with Crippen molar-refractivity contribution < 1.29 is 14.3 Å². The SMILES string of the molecule is CCOC(=O)c1sc(NC(=O)Cc2cc(C)ccc2C)cc1C. The Balaban J connectivity index is 2.07. The second kappa shape index (κ2) is 7.42. The largest absolute Gasteiger partial charge is 0.462 e. The van der Waals surface area contributed by atoms with E-state index in [9.17, 15) is 9.59 Å². The van der Waals surface area contributed by atoms with Gasteiger partial charge in [-0.05, 0) is 50.5 Å². The summed E-state index contributed by atoms with van der Waals surface area (Å²) in [5.41, 5.74) is 4.06. The fraction of sp³-hybridized carbons (Fsp3) is 0.333. The molecule has 1 heterocycles. The fourth-order valence-electron chi connectivity index (χ4n) is 2.29. The van der Waals surface area contributed by atoms with E-state index in [1.54, 1.807) is 13.0 Å². The van der Waals surface area contributed by atoms with Crippen molar-refractivity contribution in [1.82, 2.24) is 0 Å². The van der Waals surface area contributed by atoms with Crippen molar-refractivity contribution in [2.75, 3.05) is 11.9 Å². The highest BCUT2D eigenvalue weighted by Crippen LogP contribution is 2.27. The lowest BCUT2D eigenvalue weighted by Crippen LogP contribution is -2.14. The van der Waals surface area contributed by atoms with Gasteiger partial charge in [0.1, 0.15) is 4.88 Å². The van der Waals surface area contributed by atoms with Gasteiger partial charge in [-0.1, -0.05) is 23.8 Å². The van der Waals surface area contributed by atoms with Crippen LogP contribution in [0.3, 0.4) is 0 Å². The molecule has 0 saturated heterocycles. The third kappa shape index (κ3) is 4.42. The first kappa shape index (κ1) is 17.2. The summed E-state index contributed by atoms with van der Waals surface area (Å²) in [6.45, 7) is 7.95. The van der Waals surface area contributed by atoms with E-state index in [1.165, 1.54) is 11.3 Å². The molecule has 1 amide bonds. The van der Waals surface area contributed by atoms with E-state index in [-0.39, 0.29) is 11.9 Å². The lowest BCUT2D eigenvalue weighted by Gasteiger charge is -2.07. The molecule has 1 N–H and O–H groups in total. The minimum absolute atomic E-state index is 0.0876. The van der Waals surface area contributed by atoms with E-state index >= 15 is 0 Å². The van der Waals surface area contributed by atoms with Crippen molar-refractivity contribution in [2.45, 2.75) is 34.1 Å². The summed E-state index contributed by atoms with van der Waals surface area (Å²) in [5.74, 6) is -0.430. The Morgan fingerprint density at radius 3 is 2.57 bits per heavy atom. The number of anilines is 1. The van der Waals surface area contributed by atoms with Crippen LogP contribution in [-0.4, -0.2) is 18.5 Å². The zero-order valence-corrected chi connectivity index (χ0v) is 14.7. The molecule has 2 aromatic rings. The van der Waals surface area contributed by atoms with Crippen LogP contribution in [0.2, 0.25) is 0 Å². The monoisotopic (exact) mass is 331 g/mol. The first-order chi connectivity index (χ1) is 10.9. The highest BCUT2D eigenvalue weighted by molar-refractivity contribution is 7.18. The van der Waals surface area contributed by atoms with E-state index in [1.807, 2.05) is 39.0 Å². The summed E-state index contributed by atoms with van der Waals surface area (Å²) in [6.07, 6.45) is 0.319. The summed E-state index contributed by atoms with van der Waals surface area (Å²) in [7, 11) is 0. The highest BCUT2D eigenvalue weighted by Gasteiger charge is 2.16. The molecule has 0 radical (unpaired) electrons. The number of rotatable bonds is 5. The molecular formula is C18H21NO3S. The number of benzene rings is 1. The number of carbonyl (C=O) groups is 2. The summed E-state index contributed by atoms with van der Waals surface area (Å²) >= 11 is 1.25. The number of hydrogen-bond donors (Lipinski definition) is 1. The maximum absolute atomic E-state index is 12.2. The van der Waals surface area contributed by atoms with Crippen LogP contribution in [0.5, 0.6) is 0 Å². The molecule has 0 aliphatic carbocycles. The van der Waals surface area contributed by atoms with Crippen LogP contribution in [0.15, 0.2) is 24.3 Å². The zero-order chi connectivity index (χ0) is 17.0. The van der Waals surface area contributed by atoms with Gasteiger partial charge in [-0.25, -0.2) is 4.79 Å². The molecule has 0 bridgehead atoms. The molecule has 122 valence electrons. The number of aryl methyl sites for hydroxylation is 3. The van der Waals surface area contributed by atoms with Crippen molar-refractivity contribution in [3.63, 3.8) is 0 Å². The zero-order valence-electron chi connectivity index (χ0n) is 13.9. The van der Waals surface area contributed by atoms with Gasteiger partial charge < -0.3 is 10.1 Å². The molecule has 0 spiro atoms. The third-order valence-corrected chi connectivity index (χ3v) is 4.63. The first-order valence-electron chi connectivity index (χ1n) is 7.54. The van der Waals surface area contributed by atoms with Crippen molar-refractivity contribution in [1.29, 1.82) is 0 Å². The van der Waals surface area contributed by atoms with E-state index in [0.29, 0.717) is 22.9 Å². The lowest BCUT2D eigenvalue weighted by atomic mass is 10.0. The standard InChI is InChI=1S/C18H21NO3S/c1-5-22-18(21)17-13(4)9-16(23-17)19-15(20)10-14-8-11(2)6-7-12(14)3/h6-9H,5,10H2,1-4H3,(H,19,20). The number of esters is 1. The summed E-state index contributed by atoms with van der Waals surface area (Å²) in [5, 5.41) is 3.53. The van der Waals surface area contributed by atoms with Crippen LogP contribution in [0.4, 0.5) is 5.00 Å². The molecule has 5 heteroatoms. The lowest BCUT2D eigenvalue weighted by molar-refractivity contribution is -0.115. The summed E-state index contributed by atoms with van der Waals surface area (Å²) in [4.78, 5) is 24.6. The molecule has 2 rings (SSSR count). The van der Waals surface area contributed by atoms with Gasteiger partial charge >= 0.3 is 5.97 Å². The summed E-state index contributed by atoms with van der Waals surface area (Å²) in [6, 6.07) is 7.88. The number of ether oxygens (including phenoxy) is 1. The number of hydrogen-bond acceptors (Lipinski definition) is 4. The minimum Gasteiger partial charge on any atom is -0.462 e. The Morgan fingerprint density at radius 2 is 1.87 bits per heavy atom. The quantitative estimate of drug-likeness (QED) is 0.842. The summed E-state index contributed by atoms with van der Waals surface area (Å²) < 4.78 is 5.01. The van der Waals surface area contributed by atoms with Crippen LogP contribution in [0.1, 0.15) is 38.8 Å². The average Bonchev–Trinajstić information content (AvgIpc) is 2.83. The second-order valence-corrected chi connectivity index (χ2v) is 6.55. The maximum Gasteiger partial charge on any atom is 0.348 e. The third-order valence-electron chi connectivity index (χ3n) is 3.50. The predicted molar refractivity (Wildman–Crippen MR) is 93.3 cm³/mol. The Morgan fingerprint density at radius 1 is 1.13 bits per heavy atom. The molecule has 0 fully saturated rings. The Kier molecular flexibility index (Phi) is 5.55. The van der Waals surface area contributed by atoms with Crippen molar-refractivity contribution in [2.24, 2.45) is 0 Å². The van der Waals surface area contributed by atoms with Crippen molar-refractivity contribution in [3.05, 3.63) is 51.4 Å². The smallest absolute Gasteiger partial charge is 0.348 e. The Labute approximate surface area is 140 Å². The molecule has 1 aromatic carbocycles. The van der Waals surface area contributed by atoms with E-state index in [2.05, 4.69) is 5.32 Å². The molecule has 0 aliphatic rings. The Hall–Kier alpha value is -2.14. The molecule has 1 aromatic heterocycles. The molecule has 0 aliphatic heterocycles. The minimum atomic E-state index is -0.343. The van der Waals surface area contributed by atoms with E-state index in [4.69, 9.17) is 4.74 Å². The topological polar surface area (TPSA) is 55.4 Å². The average molecular weight is 331 g/mol. The molecule has 0 saturated carbocycles. The van der Waals surface area contributed by atoms with Crippen molar-refractivity contribution >= 4 is 28.2 Å². The van der Waals surface area contributed by atoms with E-state index in [0.717, 1.165) is 22.3 Å². The molecule has 0 unspecified atom stereocenters. The van der Waals surface area contributed by atoms with E-state index < -0.39 is 0 Å². The van der Waals surface area contributed by atoms with Gasteiger partial charge in [0.25, 0.3) is 0 Å². The van der Waals surface area contributed by atoms with Gasteiger partial charge in [-0.15, -0.1) is 11.3 Å². The number of carbonyl (C=O) groups excluding carboxylic acids is 2. The molecule has 23 heavy (non-hydrogen) atoms. The van der Waals surface area contributed by atoms with Gasteiger partial charge in [0, 0.05) is 0 Å². The molecule has 4 nitrogen and oxygen atoms in total. The first-order valence-corrected chi connectivity index (χ1v) is 8.36. The second-order valence-electron chi connectivity index (χ2n) is 5.50.